The fraction of sp³-hybridized carbons (Fsp3) is 0.217. The minimum atomic E-state index is -1.30. The molecule has 0 fully saturated rings. The van der Waals surface area contributed by atoms with Crippen LogP contribution in [-0.2, 0) is 0 Å². The Morgan fingerprint density at radius 2 is 2.00 bits per heavy atom. The van der Waals surface area contributed by atoms with E-state index in [-0.39, 0.29) is 22.8 Å². The molecule has 29 heavy (non-hydrogen) atoms. The number of carbonyl (C=O) groups excluding carboxylic acids is 1. The molecule has 2 unspecified atom stereocenters. The van der Waals surface area contributed by atoms with Crippen LogP contribution in [0.3, 0.4) is 0 Å². The maximum absolute atomic E-state index is 14.8. The molecular weight excluding hydrogens is 392 g/mol. The van der Waals surface area contributed by atoms with Gasteiger partial charge in [0.25, 0.3) is 0 Å². The fourth-order valence-electron chi connectivity index (χ4n) is 3.23. The third-order valence-corrected chi connectivity index (χ3v) is 5.75. The van der Waals surface area contributed by atoms with Gasteiger partial charge in [0.15, 0.2) is 0 Å². The second-order valence-electron chi connectivity index (χ2n) is 6.76. The first kappa shape index (κ1) is 21.0. The van der Waals surface area contributed by atoms with E-state index in [4.69, 9.17) is 0 Å². The third kappa shape index (κ3) is 4.49. The van der Waals surface area contributed by atoms with E-state index in [1.54, 1.807) is 35.8 Å². The molecule has 3 rings (SSSR count). The number of Topliss-reactive ketones (excluding diaryl/α,β-unsaturated/α-hetero) is 1. The maximum atomic E-state index is 14.8. The van der Waals surface area contributed by atoms with E-state index in [0.29, 0.717) is 22.4 Å². The van der Waals surface area contributed by atoms with E-state index >= 15 is 0 Å². The Labute approximate surface area is 172 Å². The summed E-state index contributed by atoms with van der Waals surface area (Å²) in [5.41, 5.74) is 0.999. The van der Waals surface area contributed by atoms with Gasteiger partial charge in [-0.15, -0.1) is 11.3 Å². The number of halogens is 2. The lowest BCUT2D eigenvalue weighted by atomic mass is 9.82. The number of aliphatic hydroxyl groups is 1. The summed E-state index contributed by atoms with van der Waals surface area (Å²) < 4.78 is 28.3. The van der Waals surface area contributed by atoms with Crippen molar-refractivity contribution < 1.29 is 18.7 Å². The number of ketones is 1. The molecule has 0 aliphatic rings. The lowest BCUT2D eigenvalue weighted by molar-refractivity contribution is 0.0991. The Morgan fingerprint density at radius 3 is 2.59 bits per heavy atom. The molecular formula is C23H21F2NO2S. The van der Waals surface area contributed by atoms with Crippen LogP contribution in [0.5, 0.6) is 0 Å². The minimum Gasteiger partial charge on any atom is -0.383 e. The van der Waals surface area contributed by atoms with Crippen LogP contribution < -0.4 is 0 Å². The van der Waals surface area contributed by atoms with Gasteiger partial charge in [0.2, 0.25) is 5.78 Å². The average molecular weight is 413 g/mol. The zero-order valence-electron chi connectivity index (χ0n) is 16.1. The third-order valence-electron chi connectivity index (χ3n) is 4.88. The number of nitrogens with zero attached hydrogens (tertiary/aromatic N) is 1. The summed E-state index contributed by atoms with van der Waals surface area (Å²) in [5.74, 6) is -2.10. The number of hydrogen-bond donors (Lipinski definition) is 1. The Balaban J connectivity index is 2.31. The van der Waals surface area contributed by atoms with Gasteiger partial charge in [-0.3, -0.25) is 9.78 Å². The van der Waals surface area contributed by atoms with E-state index in [0.717, 1.165) is 12.1 Å². The zero-order valence-corrected chi connectivity index (χ0v) is 16.9. The van der Waals surface area contributed by atoms with Crippen LogP contribution in [0, 0.1) is 17.6 Å². The van der Waals surface area contributed by atoms with Gasteiger partial charge in [0.05, 0.1) is 4.88 Å². The Bertz CT molecular complexity index is 1020. The van der Waals surface area contributed by atoms with Crippen LogP contribution in [0.4, 0.5) is 8.78 Å². The van der Waals surface area contributed by atoms with Crippen molar-refractivity contribution >= 4 is 22.7 Å². The van der Waals surface area contributed by atoms with Crippen molar-refractivity contribution in [1.82, 2.24) is 4.98 Å². The van der Waals surface area contributed by atoms with Crippen molar-refractivity contribution in [3.63, 3.8) is 0 Å². The van der Waals surface area contributed by atoms with Crippen molar-refractivity contribution in [2.24, 2.45) is 5.92 Å². The molecule has 1 N–H and O–H groups in total. The number of benzene rings is 1. The highest BCUT2D eigenvalue weighted by atomic mass is 32.1. The molecule has 3 aromatic rings. The highest BCUT2D eigenvalue weighted by Crippen LogP contribution is 2.38. The molecule has 2 aromatic heterocycles. The predicted octanol–water partition coefficient (Wildman–Crippen LogP) is 5.84. The summed E-state index contributed by atoms with van der Waals surface area (Å²) in [7, 11) is 0. The van der Waals surface area contributed by atoms with Gasteiger partial charge in [0, 0.05) is 35.2 Å². The molecule has 1 aromatic carbocycles. The van der Waals surface area contributed by atoms with Crippen molar-refractivity contribution in [1.29, 1.82) is 0 Å². The monoisotopic (exact) mass is 413 g/mol. The molecule has 0 bridgehead atoms. The standard InChI is InChI=1S/C23H21F2NO2S/c1-3-14(2)20(17-9-8-16(24)12-18(17)25)21(23(28)19-7-5-11-29-19)22(27)15-6-4-10-26-13-15/h4-14,22,27H,3H2,1-2H3/b21-20+. The molecule has 0 aliphatic heterocycles. The van der Waals surface area contributed by atoms with Crippen LogP contribution in [0.2, 0.25) is 0 Å². The second kappa shape index (κ2) is 9.20. The predicted molar refractivity (Wildman–Crippen MR) is 111 cm³/mol. The van der Waals surface area contributed by atoms with Gasteiger partial charge in [-0.1, -0.05) is 26.0 Å². The van der Waals surface area contributed by atoms with Gasteiger partial charge in [-0.25, -0.2) is 8.78 Å². The Hall–Kier alpha value is -2.70. The fourth-order valence-corrected chi connectivity index (χ4v) is 3.90. The number of aliphatic hydroxyl groups excluding tert-OH is 1. The molecule has 0 spiro atoms. The number of allylic oxidation sites excluding steroid dienone is 1. The van der Waals surface area contributed by atoms with E-state index in [1.165, 1.54) is 23.6 Å². The topological polar surface area (TPSA) is 50.2 Å². The molecule has 2 atom stereocenters. The molecule has 3 nitrogen and oxygen atoms in total. The summed E-state index contributed by atoms with van der Waals surface area (Å²) in [4.78, 5) is 17.9. The second-order valence-corrected chi connectivity index (χ2v) is 7.70. The highest BCUT2D eigenvalue weighted by molar-refractivity contribution is 7.12. The van der Waals surface area contributed by atoms with Crippen LogP contribution in [0.15, 0.2) is 65.8 Å². The molecule has 6 heteroatoms. The molecule has 150 valence electrons. The number of hydrogen-bond acceptors (Lipinski definition) is 4. The van der Waals surface area contributed by atoms with Gasteiger partial charge < -0.3 is 5.11 Å². The summed E-state index contributed by atoms with van der Waals surface area (Å²) in [5, 5.41) is 12.9. The zero-order chi connectivity index (χ0) is 21.0. The SMILES string of the molecule is CCC(C)/C(=C(\C(=O)c1cccs1)C(O)c1cccnc1)c1ccc(F)cc1F. The largest absolute Gasteiger partial charge is 0.383 e. The number of rotatable bonds is 7. The first-order valence-electron chi connectivity index (χ1n) is 9.29. The normalized spacial score (nSPS) is 14.2. The van der Waals surface area contributed by atoms with Gasteiger partial charge in [-0.2, -0.15) is 0 Å². The number of pyridine rings is 1. The first-order valence-corrected chi connectivity index (χ1v) is 10.2. The molecule has 0 saturated heterocycles. The molecule has 2 heterocycles. The minimum absolute atomic E-state index is 0.0836. The summed E-state index contributed by atoms with van der Waals surface area (Å²) in [6.45, 7) is 3.77. The van der Waals surface area contributed by atoms with Crippen LogP contribution in [0.1, 0.15) is 47.2 Å². The van der Waals surface area contributed by atoms with Crippen molar-refractivity contribution in [2.75, 3.05) is 0 Å². The van der Waals surface area contributed by atoms with Crippen LogP contribution in [0.25, 0.3) is 5.57 Å². The van der Waals surface area contributed by atoms with Gasteiger partial charge in [0.1, 0.15) is 17.7 Å². The summed E-state index contributed by atoms with van der Waals surface area (Å²) in [6, 6.07) is 10.0. The lowest BCUT2D eigenvalue weighted by Gasteiger charge is -2.24. The van der Waals surface area contributed by atoms with Crippen molar-refractivity contribution in [2.45, 2.75) is 26.4 Å². The van der Waals surface area contributed by atoms with Gasteiger partial charge in [-0.05, 0) is 47.6 Å². The highest BCUT2D eigenvalue weighted by Gasteiger charge is 2.30. The van der Waals surface area contributed by atoms with Crippen LogP contribution in [-0.4, -0.2) is 15.9 Å². The Kier molecular flexibility index (Phi) is 6.67. The maximum Gasteiger partial charge on any atom is 0.202 e. The molecule has 0 saturated carbocycles. The number of carbonyl (C=O) groups is 1. The van der Waals surface area contributed by atoms with E-state index < -0.39 is 17.7 Å². The Morgan fingerprint density at radius 1 is 1.21 bits per heavy atom. The van der Waals surface area contributed by atoms with E-state index in [1.807, 2.05) is 13.8 Å². The number of thiophene rings is 1. The molecule has 0 radical (unpaired) electrons. The quantitative estimate of drug-likeness (QED) is 0.391. The molecule has 0 amide bonds. The molecule has 0 aliphatic carbocycles. The number of aromatic nitrogens is 1. The first-order chi connectivity index (χ1) is 13.9. The smallest absolute Gasteiger partial charge is 0.202 e. The van der Waals surface area contributed by atoms with Crippen LogP contribution >= 0.6 is 11.3 Å². The summed E-state index contributed by atoms with van der Waals surface area (Å²) >= 11 is 1.25. The van der Waals surface area contributed by atoms with E-state index in [2.05, 4.69) is 4.98 Å². The summed E-state index contributed by atoms with van der Waals surface area (Å²) in [6.07, 6.45) is 2.34. The van der Waals surface area contributed by atoms with E-state index in [9.17, 15) is 18.7 Å². The average Bonchev–Trinajstić information content (AvgIpc) is 3.27. The van der Waals surface area contributed by atoms with Crippen molar-refractivity contribution in [3.8, 4) is 0 Å². The van der Waals surface area contributed by atoms with Gasteiger partial charge >= 0.3 is 0 Å². The lowest BCUT2D eigenvalue weighted by Crippen LogP contribution is -2.17. The van der Waals surface area contributed by atoms with Crippen molar-refractivity contribution in [3.05, 3.63) is 93.4 Å².